The molecule has 1 amide bonds. The van der Waals surface area contributed by atoms with E-state index in [0.29, 0.717) is 12.2 Å². The third-order valence-corrected chi connectivity index (χ3v) is 4.21. The van der Waals surface area contributed by atoms with Gasteiger partial charge in [-0.2, -0.15) is 0 Å². The summed E-state index contributed by atoms with van der Waals surface area (Å²) in [7, 11) is 0. The van der Waals surface area contributed by atoms with Crippen molar-refractivity contribution in [1.29, 1.82) is 0 Å². The summed E-state index contributed by atoms with van der Waals surface area (Å²) < 4.78 is 0. The van der Waals surface area contributed by atoms with Crippen LogP contribution < -0.4 is 10.9 Å². The molecule has 1 aliphatic heterocycles. The fourth-order valence-electron chi connectivity index (χ4n) is 2.09. The van der Waals surface area contributed by atoms with Crippen LogP contribution in [0.25, 0.3) is 6.08 Å². The van der Waals surface area contributed by atoms with Gasteiger partial charge in [0.25, 0.3) is 0 Å². The van der Waals surface area contributed by atoms with Gasteiger partial charge in [-0.25, -0.2) is 5.43 Å². The molecule has 104 valence electrons. The molecule has 1 aliphatic rings. The van der Waals surface area contributed by atoms with Crippen molar-refractivity contribution in [1.82, 2.24) is 10.9 Å². The predicted octanol–water partition coefficient (Wildman–Crippen LogP) is 2.45. The second-order valence-electron chi connectivity index (χ2n) is 4.79. The highest BCUT2D eigenvalue weighted by molar-refractivity contribution is 7.99. The van der Waals surface area contributed by atoms with Gasteiger partial charge in [0.15, 0.2) is 0 Å². The smallest absolute Gasteiger partial charge is 0.234 e. The minimum Gasteiger partial charge on any atom is -0.291 e. The summed E-state index contributed by atoms with van der Waals surface area (Å²) in [4.78, 5) is 12.4. The van der Waals surface area contributed by atoms with Crippen molar-refractivity contribution < 1.29 is 4.79 Å². The zero-order valence-corrected chi connectivity index (χ0v) is 12.2. The fraction of sp³-hybridized carbons (Fsp3) is 0.312. The Hall–Kier alpha value is -1.70. The molecule has 0 spiro atoms. The van der Waals surface area contributed by atoms with Gasteiger partial charge in [0.1, 0.15) is 0 Å². The summed E-state index contributed by atoms with van der Waals surface area (Å²) in [5.74, 6) is 3.64. The summed E-state index contributed by atoms with van der Waals surface area (Å²) in [5.41, 5.74) is 6.85. The number of nitrogens with one attached hydrogen (secondary N) is 2. The van der Waals surface area contributed by atoms with Crippen molar-refractivity contribution in [2.24, 2.45) is 5.92 Å². The second-order valence-corrected chi connectivity index (χ2v) is 5.81. The fourth-order valence-corrected chi connectivity index (χ4v) is 2.81. The van der Waals surface area contributed by atoms with Crippen LogP contribution in [0.15, 0.2) is 35.2 Å². The molecule has 3 nitrogen and oxygen atoms in total. The maximum atomic E-state index is 11.2. The Balaban J connectivity index is 2.07. The van der Waals surface area contributed by atoms with Crippen molar-refractivity contribution >= 4 is 23.7 Å². The van der Waals surface area contributed by atoms with E-state index in [1.54, 1.807) is 11.8 Å². The van der Waals surface area contributed by atoms with Crippen molar-refractivity contribution in [2.45, 2.75) is 24.3 Å². The van der Waals surface area contributed by atoms with E-state index in [-0.39, 0.29) is 17.9 Å². The first-order valence-corrected chi connectivity index (χ1v) is 7.57. The molecule has 1 heterocycles. The van der Waals surface area contributed by atoms with E-state index in [1.807, 2.05) is 12.1 Å². The van der Waals surface area contributed by atoms with Gasteiger partial charge in [-0.05, 0) is 17.5 Å². The standard InChI is InChI=1S/C16H18N2OS/c1-3-10-20-15-7-5-4-6-13(15)8-9-14-12(2)11-16(19)18-17-14/h1,4-9,12,14,17H,10-11H2,2H3,(H,18,19)/b9-8+. The van der Waals surface area contributed by atoms with Gasteiger partial charge in [0.2, 0.25) is 5.91 Å². The number of thioether (sulfide) groups is 1. The molecule has 2 rings (SSSR count). The highest BCUT2D eigenvalue weighted by Gasteiger charge is 2.22. The zero-order chi connectivity index (χ0) is 14.4. The van der Waals surface area contributed by atoms with Gasteiger partial charge in [-0.3, -0.25) is 10.2 Å². The SMILES string of the molecule is C#CCSc1ccccc1/C=C/C1NNC(=O)CC1C. The molecule has 0 bridgehead atoms. The van der Waals surface area contributed by atoms with Gasteiger partial charge in [-0.15, -0.1) is 18.2 Å². The van der Waals surface area contributed by atoms with Crippen LogP contribution in [0, 0.1) is 18.3 Å². The quantitative estimate of drug-likeness (QED) is 0.660. The first kappa shape index (κ1) is 14.7. The molecule has 2 N–H and O–H groups in total. The maximum absolute atomic E-state index is 11.2. The van der Waals surface area contributed by atoms with Crippen molar-refractivity contribution in [3.63, 3.8) is 0 Å². The first-order chi connectivity index (χ1) is 9.70. The average molecular weight is 286 g/mol. The van der Waals surface area contributed by atoms with Crippen LogP contribution >= 0.6 is 11.8 Å². The molecule has 1 aromatic carbocycles. The highest BCUT2D eigenvalue weighted by atomic mass is 32.2. The van der Waals surface area contributed by atoms with Gasteiger partial charge in [0.05, 0.1) is 5.75 Å². The van der Waals surface area contributed by atoms with Crippen LogP contribution in [0.4, 0.5) is 0 Å². The maximum Gasteiger partial charge on any atom is 0.234 e. The number of hydrazine groups is 1. The van der Waals surface area contributed by atoms with Crippen LogP contribution in [0.1, 0.15) is 18.9 Å². The van der Waals surface area contributed by atoms with Crippen LogP contribution in [0.5, 0.6) is 0 Å². The number of hydrogen-bond acceptors (Lipinski definition) is 3. The van der Waals surface area contributed by atoms with E-state index in [0.717, 1.165) is 5.56 Å². The average Bonchev–Trinajstić information content (AvgIpc) is 2.45. The molecule has 0 aliphatic carbocycles. The summed E-state index contributed by atoms with van der Waals surface area (Å²) in [5, 5.41) is 0. The van der Waals surface area contributed by atoms with Gasteiger partial charge in [0, 0.05) is 17.4 Å². The highest BCUT2D eigenvalue weighted by Crippen LogP contribution is 2.24. The first-order valence-electron chi connectivity index (χ1n) is 6.58. The number of benzene rings is 1. The number of hydrogen-bond donors (Lipinski definition) is 2. The Morgan fingerprint density at radius 2 is 2.30 bits per heavy atom. The van der Waals surface area contributed by atoms with Crippen LogP contribution in [0.2, 0.25) is 0 Å². The van der Waals surface area contributed by atoms with Crippen LogP contribution in [-0.2, 0) is 4.79 Å². The molecule has 2 atom stereocenters. The third-order valence-electron chi connectivity index (χ3n) is 3.21. The van der Waals surface area contributed by atoms with E-state index in [1.165, 1.54) is 4.90 Å². The normalized spacial score (nSPS) is 22.5. The Morgan fingerprint density at radius 3 is 3.05 bits per heavy atom. The lowest BCUT2D eigenvalue weighted by Crippen LogP contribution is -2.52. The van der Waals surface area contributed by atoms with Gasteiger partial charge in [-0.1, -0.05) is 43.2 Å². The van der Waals surface area contributed by atoms with Gasteiger partial charge >= 0.3 is 0 Å². The van der Waals surface area contributed by atoms with E-state index < -0.39 is 0 Å². The molecule has 4 heteroatoms. The van der Waals surface area contributed by atoms with Crippen LogP contribution in [-0.4, -0.2) is 17.7 Å². The predicted molar refractivity (Wildman–Crippen MR) is 83.9 cm³/mol. The molecule has 0 aromatic heterocycles. The van der Waals surface area contributed by atoms with Crippen molar-refractivity contribution in [3.05, 3.63) is 35.9 Å². The summed E-state index contributed by atoms with van der Waals surface area (Å²) in [6.07, 6.45) is 10.0. The Labute approximate surface area is 124 Å². The summed E-state index contributed by atoms with van der Waals surface area (Å²) >= 11 is 1.66. The number of carbonyl (C=O) groups is 1. The Kier molecular flexibility index (Phi) is 5.28. The Morgan fingerprint density at radius 1 is 1.50 bits per heavy atom. The molecule has 1 saturated heterocycles. The van der Waals surface area contributed by atoms with E-state index >= 15 is 0 Å². The molecule has 0 saturated carbocycles. The molecule has 2 unspecified atom stereocenters. The van der Waals surface area contributed by atoms with Crippen LogP contribution in [0.3, 0.4) is 0 Å². The third kappa shape index (κ3) is 3.89. The molecule has 1 aromatic rings. The minimum atomic E-state index is 0.0483. The molecule has 1 fully saturated rings. The number of carbonyl (C=O) groups excluding carboxylic acids is 1. The summed E-state index contributed by atoms with van der Waals surface area (Å²) in [6, 6.07) is 8.32. The molecular formula is C16H18N2OS. The lowest BCUT2D eigenvalue weighted by Gasteiger charge is -2.27. The Bertz CT molecular complexity index is 548. The van der Waals surface area contributed by atoms with E-state index in [9.17, 15) is 4.79 Å². The number of rotatable bonds is 4. The monoisotopic (exact) mass is 286 g/mol. The molecule has 20 heavy (non-hydrogen) atoms. The van der Waals surface area contributed by atoms with E-state index in [2.05, 4.69) is 48.0 Å². The van der Waals surface area contributed by atoms with Gasteiger partial charge < -0.3 is 0 Å². The number of terminal acetylenes is 1. The lowest BCUT2D eigenvalue weighted by atomic mass is 9.96. The zero-order valence-electron chi connectivity index (χ0n) is 11.4. The second kappa shape index (κ2) is 7.18. The lowest BCUT2D eigenvalue weighted by molar-refractivity contribution is -0.125. The topological polar surface area (TPSA) is 41.1 Å². The largest absolute Gasteiger partial charge is 0.291 e. The summed E-state index contributed by atoms with van der Waals surface area (Å²) in [6.45, 7) is 2.07. The minimum absolute atomic E-state index is 0.0483. The molecular weight excluding hydrogens is 268 g/mol. The molecule has 0 radical (unpaired) electrons. The van der Waals surface area contributed by atoms with E-state index in [4.69, 9.17) is 6.42 Å². The van der Waals surface area contributed by atoms with Crippen molar-refractivity contribution in [2.75, 3.05) is 5.75 Å². The van der Waals surface area contributed by atoms with Crippen molar-refractivity contribution in [3.8, 4) is 12.3 Å². The number of amides is 1.